The van der Waals surface area contributed by atoms with Crippen LogP contribution in [0.25, 0.3) is 17.1 Å². The number of rotatable bonds is 9. The number of aromatic nitrogens is 5. The highest BCUT2D eigenvalue weighted by Gasteiger charge is 2.25. The molecule has 3 N–H and O–H groups in total. The summed E-state index contributed by atoms with van der Waals surface area (Å²) in [5.74, 6) is 0.298. The molecule has 0 saturated carbocycles. The summed E-state index contributed by atoms with van der Waals surface area (Å²) in [6.07, 6.45) is 1.45. The predicted octanol–water partition coefficient (Wildman–Crippen LogP) is 4.56. The lowest BCUT2D eigenvalue weighted by Gasteiger charge is -2.12. The molecule has 0 aliphatic heterocycles. The molecule has 40 heavy (non-hydrogen) atoms. The Bertz CT molecular complexity index is 1690. The zero-order valence-corrected chi connectivity index (χ0v) is 22.3. The van der Waals surface area contributed by atoms with E-state index in [1.807, 2.05) is 18.2 Å². The Morgan fingerprint density at radius 2 is 1.93 bits per heavy atom. The van der Waals surface area contributed by atoms with Crippen molar-refractivity contribution in [3.05, 3.63) is 93.6 Å². The lowest BCUT2D eigenvalue weighted by atomic mass is 10.1. The Morgan fingerprint density at radius 3 is 2.65 bits per heavy atom. The molecule has 0 aliphatic rings. The van der Waals surface area contributed by atoms with Crippen LogP contribution in [0.3, 0.4) is 0 Å². The Kier molecular flexibility index (Phi) is 7.89. The zero-order valence-electron chi connectivity index (χ0n) is 20.8. The van der Waals surface area contributed by atoms with Crippen molar-refractivity contribution in [2.75, 3.05) is 12.8 Å². The van der Waals surface area contributed by atoms with Crippen LogP contribution in [0.4, 0.5) is 5.82 Å². The topological polar surface area (TPSA) is 156 Å². The van der Waals surface area contributed by atoms with Crippen molar-refractivity contribution in [2.24, 2.45) is 5.10 Å². The number of hydrogen-bond donors (Lipinski definition) is 2. The van der Waals surface area contributed by atoms with Crippen LogP contribution in [-0.2, 0) is 6.61 Å². The summed E-state index contributed by atoms with van der Waals surface area (Å²) in [6, 6.07) is 19.4. The fraction of sp³-hybridized carbons (Fsp3) is 0.0769. The second-order valence-electron chi connectivity index (χ2n) is 8.17. The predicted molar refractivity (Wildman–Crippen MR) is 148 cm³/mol. The molecule has 5 rings (SSSR count). The first-order valence-corrected chi connectivity index (χ1v) is 12.4. The number of hydrogen-bond acceptors (Lipinski definition) is 10. The van der Waals surface area contributed by atoms with Gasteiger partial charge in [-0.05, 0) is 46.2 Å². The fourth-order valence-corrected chi connectivity index (χ4v) is 4.12. The first-order chi connectivity index (χ1) is 19.4. The van der Waals surface area contributed by atoms with E-state index < -0.39 is 5.91 Å². The van der Waals surface area contributed by atoms with Crippen LogP contribution in [0.15, 0.2) is 76.5 Å². The maximum atomic E-state index is 13.3. The molecule has 12 nitrogen and oxygen atoms in total. The van der Waals surface area contributed by atoms with Crippen LogP contribution < -0.4 is 20.6 Å². The molecule has 0 spiro atoms. The number of nitrogens with zero attached hydrogens (tertiary/aromatic N) is 6. The quantitative estimate of drug-likeness (QED) is 0.189. The Hall–Kier alpha value is -4.94. The number of carbonyl (C=O) groups excluding carboxylic acids is 1. The summed E-state index contributed by atoms with van der Waals surface area (Å²) in [4.78, 5) is 13.3. The smallest absolute Gasteiger partial charge is 0.292 e. The number of anilines is 1. The molecule has 2 heterocycles. The summed E-state index contributed by atoms with van der Waals surface area (Å²) >= 11 is 12.2. The van der Waals surface area contributed by atoms with Gasteiger partial charge in [-0.2, -0.15) is 9.78 Å². The number of amides is 1. The molecule has 0 bridgehead atoms. The fourth-order valence-electron chi connectivity index (χ4n) is 3.66. The third kappa shape index (κ3) is 5.72. The molecule has 0 radical (unpaired) electrons. The third-order valence-corrected chi connectivity index (χ3v) is 6.18. The number of nitrogen functional groups attached to an aromatic ring is 1. The molecule has 0 unspecified atom stereocenters. The van der Waals surface area contributed by atoms with Gasteiger partial charge in [0.1, 0.15) is 12.3 Å². The molecule has 2 aromatic heterocycles. The van der Waals surface area contributed by atoms with Crippen LogP contribution in [0.5, 0.6) is 11.5 Å². The average Bonchev–Trinajstić information content (AvgIpc) is 3.59. The van der Waals surface area contributed by atoms with Gasteiger partial charge in [-0.1, -0.05) is 64.8 Å². The minimum absolute atomic E-state index is 0.0176. The number of carbonyl (C=O) groups is 1. The van der Waals surface area contributed by atoms with Gasteiger partial charge in [-0.3, -0.25) is 4.79 Å². The van der Waals surface area contributed by atoms with Crippen LogP contribution in [0.1, 0.15) is 21.6 Å². The van der Waals surface area contributed by atoms with Crippen molar-refractivity contribution in [3.8, 4) is 28.6 Å². The molecule has 1 amide bonds. The highest BCUT2D eigenvalue weighted by Crippen LogP contribution is 2.30. The van der Waals surface area contributed by atoms with Gasteiger partial charge in [0, 0.05) is 21.2 Å². The Balaban J connectivity index is 1.34. The van der Waals surface area contributed by atoms with E-state index in [1.165, 1.54) is 13.3 Å². The first-order valence-electron chi connectivity index (χ1n) is 11.6. The molecule has 0 atom stereocenters. The lowest BCUT2D eigenvalue weighted by molar-refractivity contribution is 0.0947. The van der Waals surface area contributed by atoms with Crippen molar-refractivity contribution in [2.45, 2.75) is 6.61 Å². The lowest BCUT2D eigenvalue weighted by Crippen LogP contribution is -2.22. The van der Waals surface area contributed by atoms with Crippen LogP contribution >= 0.6 is 23.2 Å². The maximum Gasteiger partial charge on any atom is 0.292 e. The van der Waals surface area contributed by atoms with E-state index in [2.05, 4.69) is 35.8 Å². The minimum atomic E-state index is -0.616. The second-order valence-corrected chi connectivity index (χ2v) is 9.02. The van der Waals surface area contributed by atoms with Gasteiger partial charge >= 0.3 is 0 Å². The number of benzene rings is 3. The van der Waals surface area contributed by atoms with Gasteiger partial charge in [0.05, 0.1) is 13.3 Å². The van der Waals surface area contributed by atoms with Crippen LogP contribution in [-0.4, -0.2) is 44.5 Å². The van der Waals surface area contributed by atoms with Gasteiger partial charge in [0.25, 0.3) is 5.91 Å². The number of methoxy groups -OCH3 is 1. The van der Waals surface area contributed by atoms with Crippen molar-refractivity contribution in [3.63, 3.8) is 0 Å². The molecule has 5 aromatic rings. The summed E-state index contributed by atoms with van der Waals surface area (Å²) < 4.78 is 17.1. The van der Waals surface area contributed by atoms with Gasteiger partial charge < -0.3 is 15.2 Å². The standard InChI is InChI=1S/C26H20Cl2N8O4/c1-38-21-11-15(7-10-20(21)39-14-17-8-9-18(27)12-19(17)28)13-30-32-26(37)23-22(16-5-3-2-4-6-16)31-35-36(23)25-24(29)33-40-34-25/h2-13H,14H2,1H3,(H2,29,33)(H,32,37)/b30-13-. The van der Waals surface area contributed by atoms with E-state index >= 15 is 0 Å². The molecule has 3 aromatic carbocycles. The number of nitrogens with two attached hydrogens (primary N) is 1. The van der Waals surface area contributed by atoms with Crippen molar-refractivity contribution < 1.29 is 18.9 Å². The second kappa shape index (κ2) is 11.8. The van der Waals surface area contributed by atoms with E-state index in [9.17, 15) is 4.79 Å². The molecule has 14 heteroatoms. The van der Waals surface area contributed by atoms with Crippen molar-refractivity contribution >= 4 is 41.1 Å². The summed E-state index contributed by atoms with van der Waals surface area (Å²) in [5.41, 5.74) is 10.7. The monoisotopic (exact) mass is 578 g/mol. The largest absolute Gasteiger partial charge is 0.493 e. The molecule has 0 aliphatic carbocycles. The van der Waals surface area contributed by atoms with Gasteiger partial charge in [-0.15, -0.1) is 5.10 Å². The van der Waals surface area contributed by atoms with E-state index in [1.54, 1.807) is 48.5 Å². The van der Waals surface area contributed by atoms with Gasteiger partial charge in [0.15, 0.2) is 17.2 Å². The van der Waals surface area contributed by atoms with Crippen LogP contribution in [0, 0.1) is 0 Å². The van der Waals surface area contributed by atoms with Crippen molar-refractivity contribution in [1.29, 1.82) is 0 Å². The van der Waals surface area contributed by atoms with E-state index in [0.29, 0.717) is 38.4 Å². The molecule has 202 valence electrons. The maximum absolute atomic E-state index is 13.3. The van der Waals surface area contributed by atoms with E-state index in [4.69, 9.17) is 38.4 Å². The van der Waals surface area contributed by atoms with Gasteiger partial charge in [-0.25, -0.2) is 10.1 Å². The average molecular weight is 579 g/mol. The highest BCUT2D eigenvalue weighted by molar-refractivity contribution is 6.35. The summed E-state index contributed by atoms with van der Waals surface area (Å²) in [6.45, 7) is 0.215. The molecule has 0 saturated heterocycles. The van der Waals surface area contributed by atoms with Gasteiger partial charge in [0.2, 0.25) is 11.6 Å². The molecular weight excluding hydrogens is 559 g/mol. The number of halogens is 2. The Labute approximate surface area is 237 Å². The molecular formula is C26H20Cl2N8O4. The number of ether oxygens (including phenoxy) is 2. The van der Waals surface area contributed by atoms with Crippen LogP contribution in [0.2, 0.25) is 10.0 Å². The Morgan fingerprint density at radius 1 is 1.10 bits per heavy atom. The summed E-state index contributed by atoms with van der Waals surface area (Å²) in [5, 5.41) is 20.6. The minimum Gasteiger partial charge on any atom is -0.493 e. The normalized spacial score (nSPS) is 11.1. The van der Waals surface area contributed by atoms with E-state index in [0.717, 1.165) is 10.2 Å². The molecule has 0 fully saturated rings. The first kappa shape index (κ1) is 26.7. The van der Waals surface area contributed by atoms with E-state index in [-0.39, 0.29) is 23.9 Å². The SMILES string of the molecule is COc1cc(/C=N\NC(=O)c2c(-c3ccccc3)nnn2-c2nonc2N)ccc1OCc1ccc(Cl)cc1Cl. The highest BCUT2D eigenvalue weighted by atomic mass is 35.5. The number of nitrogens with one attached hydrogen (secondary N) is 1. The number of hydrazone groups is 1. The summed E-state index contributed by atoms with van der Waals surface area (Å²) in [7, 11) is 1.52. The third-order valence-electron chi connectivity index (χ3n) is 5.59. The zero-order chi connectivity index (χ0) is 28.1. The van der Waals surface area contributed by atoms with Crippen molar-refractivity contribution in [1.82, 2.24) is 30.7 Å².